The summed E-state index contributed by atoms with van der Waals surface area (Å²) in [7, 11) is 1.48. The van der Waals surface area contributed by atoms with Gasteiger partial charge < -0.3 is 10.1 Å². The zero-order chi connectivity index (χ0) is 15.3. The first-order chi connectivity index (χ1) is 10.1. The highest BCUT2D eigenvalue weighted by molar-refractivity contribution is 8.00. The molecule has 2 atom stereocenters. The summed E-state index contributed by atoms with van der Waals surface area (Å²) in [6, 6.07) is 8.61. The molecule has 1 fully saturated rings. The Balaban J connectivity index is 2.01. The second-order valence-electron chi connectivity index (χ2n) is 5.80. The largest absolute Gasteiger partial charge is 0.468 e. The average Bonchev–Trinajstić information content (AvgIpc) is 2.91. The summed E-state index contributed by atoms with van der Waals surface area (Å²) in [6.07, 6.45) is 3.78. The summed E-state index contributed by atoms with van der Waals surface area (Å²) in [6.45, 7) is 5.07. The Bertz CT molecular complexity index is 474. The first-order valence-corrected chi connectivity index (χ1v) is 8.54. The molecule has 2 unspecified atom stereocenters. The monoisotopic (exact) mass is 307 g/mol. The molecule has 0 aliphatic heterocycles. The number of rotatable bonds is 6. The molecule has 0 bridgehead atoms. The highest BCUT2D eigenvalue weighted by Crippen LogP contribution is 2.40. The van der Waals surface area contributed by atoms with Crippen LogP contribution in [0.4, 0.5) is 0 Å². The van der Waals surface area contributed by atoms with Crippen LogP contribution in [-0.4, -0.2) is 30.4 Å². The Hall–Kier alpha value is -1.00. The second kappa shape index (κ2) is 7.32. The van der Waals surface area contributed by atoms with E-state index in [9.17, 15) is 4.79 Å². The number of thioether (sulfide) groups is 1. The van der Waals surface area contributed by atoms with Crippen LogP contribution >= 0.6 is 11.8 Å². The molecule has 116 valence electrons. The van der Waals surface area contributed by atoms with Crippen LogP contribution < -0.4 is 5.32 Å². The quantitative estimate of drug-likeness (QED) is 0.816. The van der Waals surface area contributed by atoms with Gasteiger partial charge in [-0.05, 0) is 51.3 Å². The number of hydrogen-bond donors (Lipinski definition) is 1. The molecule has 1 saturated carbocycles. The van der Waals surface area contributed by atoms with E-state index in [0.717, 1.165) is 32.2 Å². The van der Waals surface area contributed by atoms with Gasteiger partial charge in [-0.25, -0.2) is 0 Å². The molecule has 0 saturated heterocycles. The molecule has 0 amide bonds. The minimum absolute atomic E-state index is 0.108. The highest BCUT2D eigenvalue weighted by Gasteiger charge is 2.46. The van der Waals surface area contributed by atoms with Crippen molar-refractivity contribution in [3.8, 4) is 0 Å². The van der Waals surface area contributed by atoms with E-state index in [1.165, 1.54) is 17.6 Å². The van der Waals surface area contributed by atoms with Crippen molar-refractivity contribution in [3.05, 3.63) is 29.8 Å². The summed E-state index contributed by atoms with van der Waals surface area (Å²) in [5.74, 6) is -0.108. The van der Waals surface area contributed by atoms with Crippen molar-refractivity contribution in [1.29, 1.82) is 0 Å². The van der Waals surface area contributed by atoms with Gasteiger partial charge >= 0.3 is 5.97 Å². The second-order valence-corrected chi connectivity index (χ2v) is 7.17. The summed E-state index contributed by atoms with van der Waals surface area (Å²) < 4.78 is 5.04. The minimum Gasteiger partial charge on any atom is -0.468 e. The van der Waals surface area contributed by atoms with Gasteiger partial charge in [0.1, 0.15) is 5.54 Å². The number of carbonyl (C=O) groups excluding carboxylic acids is 1. The van der Waals surface area contributed by atoms with Gasteiger partial charge in [0.2, 0.25) is 0 Å². The molecule has 3 nitrogen and oxygen atoms in total. The third kappa shape index (κ3) is 4.01. The average molecular weight is 307 g/mol. The maximum Gasteiger partial charge on any atom is 0.326 e. The summed E-state index contributed by atoms with van der Waals surface area (Å²) in [4.78, 5) is 13.5. The van der Waals surface area contributed by atoms with Gasteiger partial charge in [-0.2, -0.15) is 0 Å². The molecule has 2 rings (SSSR count). The van der Waals surface area contributed by atoms with Crippen LogP contribution in [0.1, 0.15) is 38.2 Å². The van der Waals surface area contributed by atoms with Gasteiger partial charge in [0.05, 0.1) is 7.11 Å². The fourth-order valence-electron chi connectivity index (χ4n) is 2.89. The molecule has 1 aliphatic rings. The molecule has 21 heavy (non-hydrogen) atoms. The van der Waals surface area contributed by atoms with Crippen LogP contribution in [0.15, 0.2) is 29.2 Å². The van der Waals surface area contributed by atoms with Crippen LogP contribution in [0.2, 0.25) is 0 Å². The number of aryl methyl sites for hydroxylation is 1. The summed E-state index contributed by atoms with van der Waals surface area (Å²) >= 11 is 1.88. The number of hydrogen-bond acceptors (Lipinski definition) is 4. The van der Waals surface area contributed by atoms with Crippen molar-refractivity contribution in [2.24, 2.45) is 0 Å². The van der Waals surface area contributed by atoms with Gasteiger partial charge in [0, 0.05) is 10.1 Å². The zero-order valence-electron chi connectivity index (χ0n) is 13.1. The van der Waals surface area contributed by atoms with Crippen LogP contribution in [0.25, 0.3) is 0 Å². The summed E-state index contributed by atoms with van der Waals surface area (Å²) in [5, 5.41) is 3.90. The molecule has 0 aromatic heterocycles. The van der Waals surface area contributed by atoms with E-state index in [1.54, 1.807) is 0 Å². The lowest BCUT2D eigenvalue weighted by atomic mass is 9.97. The number of ether oxygens (including phenoxy) is 1. The van der Waals surface area contributed by atoms with E-state index in [-0.39, 0.29) is 5.97 Å². The van der Waals surface area contributed by atoms with Crippen LogP contribution in [0, 0.1) is 6.92 Å². The third-order valence-electron chi connectivity index (χ3n) is 4.08. The topological polar surface area (TPSA) is 38.3 Å². The van der Waals surface area contributed by atoms with Gasteiger partial charge in [-0.15, -0.1) is 11.8 Å². The van der Waals surface area contributed by atoms with E-state index in [2.05, 4.69) is 43.4 Å². The Morgan fingerprint density at radius 3 is 2.76 bits per heavy atom. The fourth-order valence-corrected chi connectivity index (χ4v) is 4.17. The van der Waals surface area contributed by atoms with Gasteiger partial charge in [0.15, 0.2) is 0 Å². The lowest BCUT2D eigenvalue weighted by Gasteiger charge is -2.27. The van der Waals surface area contributed by atoms with E-state index >= 15 is 0 Å². The Labute approximate surface area is 131 Å². The van der Waals surface area contributed by atoms with Gasteiger partial charge in [-0.3, -0.25) is 4.79 Å². The van der Waals surface area contributed by atoms with Crippen LogP contribution in [0.5, 0.6) is 0 Å². The van der Waals surface area contributed by atoms with E-state index in [1.807, 2.05) is 11.8 Å². The van der Waals surface area contributed by atoms with Crippen molar-refractivity contribution in [2.45, 2.75) is 55.2 Å². The molecule has 0 spiro atoms. The first-order valence-electron chi connectivity index (χ1n) is 7.66. The zero-order valence-corrected chi connectivity index (χ0v) is 14.0. The number of methoxy groups -OCH3 is 1. The Morgan fingerprint density at radius 1 is 1.43 bits per heavy atom. The molecule has 4 heteroatoms. The lowest BCUT2D eigenvalue weighted by Crippen LogP contribution is -2.51. The fraction of sp³-hybridized carbons (Fsp3) is 0.588. The van der Waals surface area contributed by atoms with Crippen molar-refractivity contribution in [2.75, 3.05) is 13.7 Å². The van der Waals surface area contributed by atoms with Crippen molar-refractivity contribution >= 4 is 17.7 Å². The SMILES string of the molecule is CCCNC1(C(=O)OC)CCC(Sc2ccc(C)cc2)C1. The standard InChI is InChI=1S/C17H25NO2S/c1-4-11-18-17(16(19)20-3)10-9-15(12-17)21-14-7-5-13(2)6-8-14/h5-8,15,18H,4,9-12H2,1-3H3. The molecule has 1 N–H and O–H groups in total. The maximum absolute atomic E-state index is 12.2. The molecular formula is C17H25NO2S. The smallest absolute Gasteiger partial charge is 0.326 e. The van der Waals surface area contributed by atoms with Gasteiger partial charge in [0.25, 0.3) is 0 Å². The predicted molar refractivity (Wildman–Crippen MR) is 87.7 cm³/mol. The first kappa shape index (κ1) is 16.4. The Kier molecular flexibility index (Phi) is 5.71. The lowest BCUT2D eigenvalue weighted by molar-refractivity contribution is -0.148. The highest BCUT2D eigenvalue weighted by atomic mass is 32.2. The number of carbonyl (C=O) groups is 1. The van der Waals surface area contributed by atoms with Crippen molar-refractivity contribution in [3.63, 3.8) is 0 Å². The third-order valence-corrected chi connectivity index (χ3v) is 5.36. The molecule has 1 aromatic carbocycles. The van der Waals surface area contributed by atoms with E-state index in [4.69, 9.17) is 4.74 Å². The predicted octanol–water partition coefficient (Wildman–Crippen LogP) is 3.55. The summed E-state index contributed by atoms with van der Waals surface area (Å²) in [5.41, 5.74) is 0.798. The van der Waals surface area contributed by atoms with E-state index in [0.29, 0.717) is 5.25 Å². The number of benzene rings is 1. The molecule has 1 aliphatic carbocycles. The minimum atomic E-state index is -0.479. The normalized spacial score (nSPS) is 25.0. The van der Waals surface area contributed by atoms with E-state index < -0.39 is 5.54 Å². The number of nitrogens with one attached hydrogen (secondary N) is 1. The van der Waals surface area contributed by atoms with Crippen molar-refractivity contribution < 1.29 is 9.53 Å². The van der Waals surface area contributed by atoms with Gasteiger partial charge in [-0.1, -0.05) is 24.6 Å². The van der Waals surface area contributed by atoms with Crippen LogP contribution in [-0.2, 0) is 9.53 Å². The van der Waals surface area contributed by atoms with Crippen LogP contribution in [0.3, 0.4) is 0 Å². The maximum atomic E-state index is 12.2. The molecule has 1 aromatic rings. The Morgan fingerprint density at radius 2 is 2.14 bits per heavy atom. The molecule has 0 heterocycles. The molecule has 0 radical (unpaired) electrons. The number of esters is 1. The molecular weight excluding hydrogens is 282 g/mol. The van der Waals surface area contributed by atoms with Crippen molar-refractivity contribution in [1.82, 2.24) is 5.32 Å².